The molecule has 0 spiro atoms. The van der Waals surface area contributed by atoms with Gasteiger partial charge in [0, 0.05) is 37.6 Å². The minimum Gasteiger partial charge on any atom is -0.381 e. The molecule has 96 valence electrons. The number of rotatable bonds is 5. The van der Waals surface area contributed by atoms with E-state index in [2.05, 4.69) is 29.5 Å². The standard InChI is InChI=1S/C13H22N2OS/c1-10(2)12-9-17-13(15-12)3-6-14-11-4-7-16-8-5-11/h9-11,14H,3-8H2,1-2H3. The largest absolute Gasteiger partial charge is 0.381 e. The molecule has 1 saturated heterocycles. The van der Waals surface area contributed by atoms with Gasteiger partial charge < -0.3 is 10.1 Å². The number of ether oxygens (including phenoxy) is 1. The minimum atomic E-state index is 0.545. The molecule has 0 atom stereocenters. The number of hydrogen-bond acceptors (Lipinski definition) is 4. The Kier molecular flexibility index (Phi) is 4.95. The highest BCUT2D eigenvalue weighted by Crippen LogP contribution is 2.17. The molecule has 0 aromatic carbocycles. The molecule has 0 bridgehead atoms. The third-order valence-electron chi connectivity index (χ3n) is 3.15. The second-order valence-corrected chi connectivity index (χ2v) is 5.85. The average Bonchev–Trinajstić information content (AvgIpc) is 2.79. The van der Waals surface area contributed by atoms with E-state index in [0.717, 1.165) is 39.0 Å². The molecule has 1 aliphatic heterocycles. The highest BCUT2D eigenvalue weighted by atomic mass is 32.1. The Hall–Kier alpha value is -0.450. The Balaban J connectivity index is 1.70. The van der Waals surface area contributed by atoms with Gasteiger partial charge in [-0.3, -0.25) is 0 Å². The molecule has 0 unspecified atom stereocenters. The van der Waals surface area contributed by atoms with Crippen molar-refractivity contribution in [1.82, 2.24) is 10.3 Å². The Morgan fingerprint density at radius 1 is 1.47 bits per heavy atom. The zero-order valence-corrected chi connectivity index (χ0v) is 11.6. The molecule has 1 aromatic heterocycles. The Morgan fingerprint density at radius 2 is 2.24 bits per heavy atom. The van der Waals surface area contributed by atoms with Crippen LogP contribution in [-0.2, 0) is 11.2 Å². The van der Waals surface area contributed by atoms with E-state index < -0.39 is 0 Å². The van der Waals surface area contributed by atoms with Gasteiger partial charge in [-0.15, -0.1) is 11.3 Å². The van der Waals surface area contributed by atoms with Crippen LogP contribution in [0, 0.1) is 0 Å². The van der Waals surface area contributed by atoms with Crippen LogP contribution in [0.25, 0.3) is 0 Å². The molecule has 0 radical (unpaired) electrons. The van der Waals surface area contributed by atoms with Crippen LogP contribution in [0.4, 0.5) is 0 Å². The molecule has 4 heteroatoms. The van der Waals surface area contributed by atoms with Crippen molar-refractivity contribution >= 4 is 11.3 Å². The highest BCUT2D eigenvalue weighted by molar-refractivity contribution is 7.09. The quantitative estimate of drug-likeness (QED) is 0.877. The predicted octanol–water partition coefficient (Wildman–Crippen LogP) is 2.58. The van der Waals surface area contributed by atoms with Crippen LogP contribution in [0.15, 0.2) is 5.38 Å². The van der Waals surface area contributed by atoms with Gasteiger partial charge in [-0.25, -0.2) is 4.98 Å². The molecular formula is C13H22N2OS. The maximum atomic E-state index is 5.34. The van der Waals surface area contributed by atoms with Crippen molar-refractivity contribution in [2.75, 3.05) is 19.8 Å². The van der Waals surface area contributed by atoms with E-state index >= 15 is 0 Å². The van der Waals surface area contributed by atoms with Crippen LogP contribution in [0.3, 0.4) is 0 Å². The first-order valence-electron chi connectivity index (χ1n) is 6.51. The Morgan fingerprint density at radius 3 is 2.88 bits per heavy atom. The molecule has 2 rings (SSSR count). The molecule has 1 aliphatic rings. The first kappa shape index (κ1) is 13.0. The van der Waals surface area contributed by atoms with Gasteiger partial charge in [0.15, 0.2) is 0 Å². The van der Waals surface area contributed by atoms with E-state index in [-0.39, 0.29) is 0 Å². The van der Waals surface area contributed by atoms with Crippen molar-refractivity contribution in [1.29, 1.82) is 0 Å². The lowest BCUT2D eigenvalue weighted by Gasteiger charge is -2.22. The van der Waals surface area contributed by atoms with Crippen LogP contribution < -0.4 is 5.32 Å². The van der Waals surface area contributed by atoms with Crippen molar-refractivity contribution in [3.63, 3.8) is 0 Å². The first-order valence-corrected chi connectivity index (χ1v) is 7.39. The van der Waals surface area contributed by atoms with E-state index in [4.69, 9.17) is 4.74 Å². The lowest BCUT2D eigenvalue weighted by Crippen LogP contribution is -2.35. The average molecular weight is 254 g/mol. The van der Waals surface area contributed by atoms with Crippen molar-refractivity contribution in [3.05, 3.63) is 16.1 Å². The van der Waals surface area contributed by atoms with E-state index in [1.165, 1.54) is 10.7 Å². The van der Waals surface area contributed by atoms with Crippen molar-refractivity contribution in [2.45, 2.75) is 45.1 Å². The summed E-state index contributed by atoms with van der Waals surface area (Å²) in [4.78, 5) is 4.65. The van der Waals surface area contributed by atoms with Gasteiger partial charge in [-0.05, 0) is 18.8 Å². The first-order chi connectivity index (χ1) is 8.25. The van der Waals surface area contributed by atoms with Gasteiger partial charge in [0.05, 0.1) is 10.7 Å². The monoisotopic (exact) mass is 254 g/mol. The van der Waals surface area contributed by atoms with Gasteiger partial charge in [0.1, 0.15) is 0 Å². The van der Waals surface area contributed by atoms with E-state index in [9.17, 15) is 0 Å². The fourth-order valence-corrected chi connectivity index (χ4v) is 2.95. The van der Waals surface area contributed by atoms with Crippen LogP contribution >= 0.6 is 11.3 Å². The van der Waals surface area contributed by atoms with E-state index in [0.29, 0.717) is 12.0 Å². The number of hydrogen-bond donors (Lipinski definition) is 1. The maximum Gasteiger partial charge on any atom is 0.0941 e. The van der Waals surface area contributed by atoms with E-state index in [1.54, 1.807) is 11.3 Å². The number of aromatic nitrogens is 1. The number of nitrogens with one attached hydrogen (secondary N) is 1. The van der Waals surface area contributed by atoms with Gasteiger partial charge in [-0.1, -0.05) is 13.8 Å². The summed E-state index contributed by atoms with van der Waals surface area (Å²) in [5.41, 5.74) is 1.23. The summed E-state index contributed by atoms with van der Waals surface area (Å²) in [6, 6.07) is 0.647. The highest BCUT2D eigenvalue weighted by Gasteiger charge is 2.12. The number of thiazole rings is 1. The summed E-state index contributed by atoms with van der Waals surface area (Å²) in [7, 11) is 0. The summed E-state index contributed by atoms with van der Waals surface area (Å²) in [5.74, 6) is 0.545. The third kappa shape index (κ3) is 4.05. The maximum absolute atomic E-state index is 5.34. The fraction of sp³-hybridized carbons (Fsp3) is 0.769. The summed E-state index contributed by atoms with van der Waals surface area (Å²) in [6.45, 7) is 7.24. The zero-order chi connectivity index (χ0) is 12.1. The fourth-order valence-electron chi connectivity index (χ4n) is 1.99. The van der Waals surface area contributed by atoms with Gasteiger partial charge in [0.25, 0.3) is 0 Å². The predicted molar refractivity (Wildman–Crippen MR) is 71.8 cm³/mol. The smallest absolute Gasteiger partial charge is 0.0941 e. The molecule has 0 aliphatic carbocycles. The molecule has 1 N–H and O–H groups in total. The SMILES string of the molecule is CC(C)c1csc(CCNC2CCOCC2)n1. The van der Waals surface area contributed by atoms with Crippen LogP contribution in [0.2, 0.25) is 0 Å². The zero-order valence-electron chi connectivity index (χ0n) is 10.7. The molecule has 2 heterocycles. The summed E-state index contributed by atoms with van der Waals surface area (Å²) in [5, 5.41) is 7.04. The van der Waals surface area contributed by atoms with Gasteiger partial charge in [0.2, 0.25) is 0 Å². The Labute approximate surface area is 108 Å². The molecule has 1 aromatic rings. The summed E-state index contributed by atoms with van der Waals surface area (Å²) >= 11 is 1.79. The molecule has 0 amide bonds. The van der Waals surface area contributed by atoms with E-state index in [1.807, 2.05) is 0 Å². The summed E-state index contributed by atoms with van der Waals surface area (Å²) in [6.07, 6.45) is 3.35. The summed E-state index contributed by atoms with van der Waals surface area (Å²) < 4.78 is 5.34. The topological polar surface area (TPSA) is 34.1 Å². The normalized spacial score (nSPS) is 17.8. The lowest BCUT2D eigenvalue weighted by molar-refractivity contribution is 0.0782. The molecule has 3 nitrogen and oxygen atoms in total. The van der Waals surface area contributed by atoms with Crippen LogP contribution in [0.5, 0.6) is 0 Å². The second kappa shape index (κ2) is 6.47. The molecule has 17 heavy (non-hydrogen) atoms. The van der Waals surface area contributed by atoms with Crippen LogP contribution in [-0.4, -0.2) is 30.8 Å². The molecular weight excluding hydrogens is 232 g/mol. The van der Waals surface area contributed by atoms with Crippen molar-refractivity contribution < 1.29 is 4.74 Å². The second-order valence-electron chi connectivity index (χ2n) is 4.91. The van der Waals surface area contributed by atoms with Crippen molar-refractivity contribution in [3.8, 4) is 0 Å². The van der Waals surface area contributed by atoms with Crippen molar-refractivity contribution in [2.24, 2.45) is 0 Å². The number of nitrogens with zero attached hydrogens (tertiary/aromatic N) is 1. The molecule has 0 saturated carbocycles. The lowest BCUT2D eigenvalue weighted by atomic mass is 10.1. The molecule has 1 fully saturated rings. The third-order valence-corrected chi connectivity index (χ3v) is 4.08. The van der Waals surface area contributed by atoms with Gasteiger partial charge >= 0.3 is 0 Å². The van der Waals surface area contributed by atoms with Crippen LogP contribution in [0.1, 0.15) is 43.3 Å². The Bertz CT molecular complexity index is 332. The minimum absolute atomic E-state index is 0.545. The van der Waals surface area contributed by atoms with Gasteiger partial charge in [-0.2, -0.15) is 0 Å².